The van der Waals surface area contributed by atoms with E-state index in [0.29, 0.717) is 12.4 Å². The first-order valence-electron chi connectivity index (χ1n) is 4.80. The molecule has 0 atom stereocenters. The highest BCUT2D eigenvalue weighted by atomic mass is 19.1. The summed E-state index contributed by atoms with van der Waals surface area (Å²) >= 11 is 0. The molecule has 0 aliphatic heterocycles. The molecule has 2 rings (SSSR count). The highest BCUT2D eigenvalue weighted by Crippen LogP contribution is 2.28. The topological polar surface area (TPSA) is 63.9 Å². The van der Waals surface area contributed by atoms with Crippen molar-refractivity contribution in [2.24, 2.45) is 0 Å². The number of methoxy groups -OCH3 is 1. The minimum atomic E-state index is -0.279. The van der Waals surface area contributed by atoms with Gasteiger partial charge in [-0.05, 0) is 17.7 Å². The Morgan fingerprint density at radius 1 is 1.38 bits per heavy atom. The van der Waals surface area contributed by atoms with Crippen LogP contribution in [0.3, 0.4) is 0 Å². The molecule has 0 saturated heterocycles. The Morgan fingerprint density at radius 2 is 2.06 bits per heavy atom. The molecule has 0 radical (unpaired) electrons. The molecular weight excluding hydrogens is 209 g/mol. The Kier molecular flexibility index (Phi) is 2.87. The third kappa shape index (κ3) is 1.90. The highest BCUT2D eigenvalue weighted by molar-refractivity contribution is 5.76. The third-order valence-corrected chi connectivity index (χ3v) is 2.29. The summed E-state index contributed by atoms with van der Waals surface area (Å²) in [4.78, 5) is 0. The van der Waals surface area contributed by atoms with E-state index < -0.39 is 0 Å². The largest absolute Gasteiger partial charge is 0.382 e. The van der Waals surface area contributed by atoms with Crippen molar-refractivity contribution >= 4 is 5.82 Å². The molecule has 0 spiro atoms. The van der Waals surface area contributed by atoms with E-state index in [4.69, 9.17) is 10.5 Å². The predicted molar refractivity (Wildman–Crippen MR) is 59.1 cm³/mol. The first-order valence-corrected chi connectivity index (χ1v) is 4.80. The zero-order valence-corrected chi connectivity index (χ0v) is 8.83. The van der Waals surface area contributed by atoms with Crippen LogP contribution in [0.5, 0.6) is 0 Å². The lowest BCUT2D eigenvalue weighted by Gasteiger charge is -2.03. The van der Waals surface area contributed by atoms with Gasteiger partial charge in [0, 0.05) is 12.7 Å². The molecule has 2 aromatic rings. The maximum absolute atomic E-state index is 12.8. The second-order valence-corrected chi connectivity index (χ2v) is 3.40. The molecular formula is C11H12FN3O. The number of halogens is 1. The summed E-state index contributed by atoms with van der Waals surface area (Å²) in [5.74, 6) is 0.109. The van der Waals surface area contributed by atoms with E-state index in [1.807, 2.05) is 0 Å². The van der Waals surface area contributed by atoms with Crippen molar-refractivity contribution in [3.8, 4) is 11.1 Å². The van der Waals surface area contributed by atoms with Crippen molar-refractivity contribution in [3.63, 3.8) is 0 Å². The van der Waals surface area contributed by atoms with Crippen molar-refractivity contribution < 1.29 is 9.13 Å². The van der Waals surface area contributed by atoms with Gasteiger partial charge in [0.1, 0.15) is 5.82 Å². The first-order chi connectivity index (χ1) is 7.72. The highest BCUT2D eigenvalue weighted by Gasteiger charge is 2.12. The van der Waals surface area contributed by atoms with Crippen molar-refractivity contribution in [1.82, 2.24) is 10.2 Å². The van der Waals surface area contributed by atoms with Crippen molar-refractivity contribution in [1.29, 1.82) is 0 Å². The third-order valence-electron chi connectivity index (χ3n) is 2.29. The van der Waals surface area contributed by atoms with Gasteiger partial charge in [-0.2, -0.15) is 5.10 Å². The van der Waals surface area contributed by atoms with Gasteiger partial charge in [0.2, 0.25) is 0 Å². The van der Waals surface area contributed by atoms with E-state index in [-0.39, 0.29) is 5.82 Å². The molecule has 0 fully saturated rings. The summed E-state index contributed by atoms with van der Waals surface area (Å²) < 4.78 is 17.8. The van der Waals surface area contributed by atoms with Crippen LogP contribution >= 0.6 is 0 Å². The molecule has 0 aliphatic carbocycles. The fourth-order valence-corrected chi connectivity index (χ4v) is 1.58. The first kappa shape index (κ1) is 10.6. The smallest absolute Gasteiger partial charge is 0.153 e. The van der Waals surface area contributed by atoms with Crippen LogP contribution in [-0.2, 0) is 11.3 Å². The van der Waals surface area contributed by atoms with Crippen LogP contribution in [0.25, 0.3) is 11.1 Å². The average molecular weight is 221 g/mol. The molecule has 0 bridgehead atoms. The number of aromatic amines is 1. The number of benzene rings is 1. The molecule has 0 unspecified atom stereocenters. The number of aromatic nitrogens is 2. The fraction of sp³-hybridized carbons (Fsp3) is 0.182. The number of nitrogens with zero attached hydrogens (tertiary/aromatic N) is 1. The number of nitrogen functional groups attached to an aromatic ring is 1. The normalized spacial score (nSPS) is 10.6. The van der Waals surface area contributed by atoms with Crippen molar-refractivity contribution in [2.45, 2.75) is 6.61 Å². The summed E-state index contributed by atoms with van der Waals surface area (Å²) in [6.45, 7) is 0.386. The lowest BCUT2D eigenvalue weighted by molar-refractivity contribution is 0.182. The van der Waals surface area contributed by atoms with E-state index >= 15 is 0 Å². The van der Waals surface area contributed by atoms with Gasteiger partial charge in [-0.15, -0.1) is 0 Å². The van der Waals surface area contributed by atoms with E-state index in [0.717, 1.165) is 16.8 Å². The number of rotatable bonds is 3. The Morgan fingerprint density at radius 3 is 2.69 bits per heavy atom. The van der Waals surface area contributed by atoms with Gasteiger partial charge in [-0.3, -0.25) is 5.10 Å². The zero-order chi connectivity index (χ0) is 11.5. The molecule has 0 amide bonds. The van der Waals surface area contributed by atoms with Crippen LogP contribution in [-0.4, -0.2) is 17.3 Å². The summed E-state index contributed by atoms with van der Waals surface area (Å²) in [6, 6.07) is 6.10. The van der Waals surface area contributed by atoms with E-state index in [9.17, 15) is 4.39 Å². The molecule has 1 aromatic carbocycles. The second kappa shape index (κ2) is 4.32. The maximum atomic E-state index is 12.8. The van der Waals surface area contributed by atoms with Gasteiger partial charge < -0.3 is 10.5 Å². The number of hydrogen-bond donors (Lipinski definition) is 2. The summed E-state index contributed by atoms with van der Waals surface area (Å²) in [5, 5.41) is 6.71. The minimum Gasteiger partial charge on any atom is -0.382 e. The van der Waals surface area contributed by atoms with Gasteiger partial charge in [0.15, 0.2) is 5.82 Å². The van der Waals surface area contributed by atoms with Gasteiger partial charge in [0.25, 0.3) is 0 Å². The number of nitrogens with one attached hydrogen (secondary N) is 1. The van der Waals surface area contributed by atoms with Gasteiger partial charge in [-0.1, -0.05) is 12.1 Å². The molecule has 16 heavy (non-hydrogen) atoms. The number of ether oxygens (including phenoxy) is 1. The average Bonchev–Trinajstić information content (AvgIpc) is 2.62. The van der Waals surface area contributed by atoms with Crippen LogP contribution in [0.15, 0.2) is 24.3 Å². The molecule has 1 heterocycles. The molecule has 84 valence electrons. The van der Waals surface area contributed by atoms with Crippen LogP contribution in [0.2, 0.25) is 0 Å². The monoisotopic (exact) mass is 221 g/mol. The van der Waals surface area contributed by atoms with Crippen LogP contribution < -0.4 is 5.73 Å². The van der Waals surface area contributed by atoms with Gasteiger partial charge in [-0.25, -0.2) is 4.39 Å². The molecule has 0 saturated carbocycles. The van der Waals surface area contributed by atoms with Crippen molar-refractivity contribution in [2.75, 3.05) is 12.8 Å². The van der Waals surface area contributed by atoms with Gasteiger partial charge in [0.05, 0.1) is 12.3 Å². The van der Waals surface area contributed by atoms with Crippen LogP contribution in [0, 0.1) is 5.82 Å². The number of nitrogens with two attached hydrogens (primary N) is 1. The quantitative estimate of drug-likeness (QED) is 0.832. The van der Waals surface area contributed by atoms with Gasteiger partial charge >= 0.3 is 0 Å². The molecule has 4 nitrogen and oxygen atoms in total. The van der Waals surface area contributed by atoms with E-state index in [1.54, 1.807) is 19.2 Å². The second-order valence-electron chi connectivity index (χ2n) is 3.40. The Hall–Kier alpha value is -1.88. The Balaban J connectivity index is 2.45. The van der Waals surface area contributed by atoms with E-state index in [1.165, 1.54) is 12.1 Å². The molecule has 3 N–H and O–H groups in total. The van der Waals surface area contributed by atoms with Crippen LogP contribution in [0.4, 0.5) is 10.2 Å². The SMILES string of the molecule is COCc1[nH]nc(N)c1-c1ccc(F)cc1. The summed E-state index contributed by atoms with van der Waals surface area (Å²) in [6.07, 6.45) is 0. The van der Waals surface area contributed by atoms with E-state index in [2.05, 4.69) is 10.2 Å². The predicted octanol–water partition coefficient (Wildman–Crippen LogP) is 1.94. The molecule has 0 aliphatic rings. The maximum Gasteiger partial charge on any atom is 0.153 e. The Labute approximate surface area is 92.2 Å². The number of hydrogen-bond acceptors (Lipinski definition) is 3. The minimum absolute atomic E-state index is 0.279. The number of H-pyrrole nitrogens is 1. The summed E-state index contributed by atoms with van der Waals surface area (Å²) in [7, 11) is 1.59. The summed E-state index contributed by atoms with van der Waals surface area (Å²) in [5.41, 5.74) is 8.12. The molecule has 5 heteroatoms. The molecule has 1 aromatic heterocycles. The van der Waals surface area contributed by atoms with Crippen LogP contribution in [0.1, 0.15) is 5.69 Å². The lowest BCUT2D eigenvalue weighted by atomic mass is 10.1. The standard InChI is InChI=1S/C11H12FN3O/c1-16-6-9-10(11(13)15-14-9)7-2-4-8(12)5-3-7/h2-5H,6H2,1H3,(H3,13,14,15). The number of anilines is 1. The lowest BCUT2D eigenvalue weighted by Crippen LogP contribution is -1.93. The van der Waals surface area contributed by atoms with Crippen molar-refractivity contribution in [3.05, 3.63) is 35.8 Å². The zero-order valence-electron chi connectivity index (χ0n) is 8.83. The fourth-order valence-electron chi connectivity index (χ4n) is 1.58. The Bertz CT molecular complexity index is 478.